The van der Waals surface area contributed by atoms with Crippen molar-refractivity contribution >= 4 is 17.2 Å². The Morgan fingerprint density at radius 1 is 1.12 bits per heavy atom. The fourth-order valence-electron chi connectivity index (χ4n) is 4.82. The maximum absolute atomic E-state index is 14.5. The third-order valence-electron chi connectivity index (χ3n) is 6.32. The second-order valence-electron chi connectivity index (χ2n) is 7.78. The molecule has 2 aliphatic rings. The van der Waals surface area contributed by atoms with E-state index in [4.69, 9.17) is 16.3 Å². The highest BCUT2D eigenvalue weighted by Crippen LogP contribution is 2.43. The van der Waals surface area contributed by atoms with Crippen molar-refractivity contribution in [2.75, 3.05) is 7.11 Å². The van der Waals surface area contributed by atoms with E-state index in [1.165, 1.54) is 52.1 Å². The smallest absolute Gasteiger partial charge is 0.153 e. The van der Waals surface area contributed by atoms with Gasteiger partial charge in [0.2, 0.25) is 0 Å². The molecule has 0 N–H and O–H groups in total. The number of hydrogen-bond donors (Lipinski definition) is 0. The molecule has 3 rings (SSSR count). The van der Waals surface area contributed by atoms with E-state index in [0.29, 0.717) is 11.3 Å². The number of hydrogen-bond acceptors (Lipinski definition) is 1. The molecule has 1 aromatic rings. The lowest BCUT2D eigenvalue weighted by molar-refractivity contribution is 0.189. The Bertz CT molecular complexity index is 617. The summed E-state index contributed by atoms with van der Waals surface area (Å²) in [6.45, 7) is 2.30. The lowest BCUT2D eigenvalue weighted by Crippen LogP contribution is -2.23. The van der Waals surface area contributed by atoms with Crippen LogP contribution in [0.5, 0.6) is 5.75 Å². The number of rotatable bonds is 5. The Hall–Kier alpha value is -1.02. The molecule has 3 heteroatoms. The molecule has 0 amide bonds. The van der Waals surface area contributed by atoms with Crippen LogP contribution in [0.1, 0.15) is 70.3 Å². The number of allylic oxidation sites excluding steroid dienone is 2. The average Bonchev–Trinajstić information content (AvgIpc) is 2.65. The molecule has 1 saturated carbocycles. The Kier molecular flexibility index (Phi) is 6.44. The zero-order valence-electron chi connectivity index (χ0n) is 15.5. The van der Waals surface area contributed by atoms with E-state index in [0.717, 1.165) is 36.2 Å². The van der Waals surface area contributed by atoms with Crippen molar-refractivity contribution in [1.82, 2.24) is 0 Å². The molecular weight excluding hydrogens is 335 g/mol. The van der Waals surface area contributed by atoms with Gasteiger partial charge in [0, 0.05) is 5.56 Å². The van der Waals surface area contributed by atoms with Gasteiger partial charge in [-0.25, -0.2) is 4.39 Å². The number of ether oxygens (including phenoxy) is 1. The van der Waals surface area contributed by atoms with E-state index in [1.54, 1.807) is 6.07 Å². The second kappa shape index (κ2) is 8.58. The van der Waals surface area contributed by atoms with Gasteiger partial charge >= 0.3 is 0 Å². The monoisotopic (exact) mass is 364 g/mol. The quantitative estimate of drug-likeness (QED) is 0.533. The summed E-state index contributed by atoms with van der Waals surface area (Å²) in [5.41, 5.74) is 1.76. The third-order valence-corrected chi connectivity index (χ3v) is 6.67. The summed E-state index contributed by atoms with van der Waals surface area (Å²) >= 11 is 6.08. The van der Waals surface area contributed by atoms with E-state index in [-0.39, 0.29) is 10.8 Å². The molecule has 1 fully saturated rings. The number of halogens is 2. The Morgan fingerprint density at radius 3 is 2.48 bits per heavy atom. The van der Waals surface area contributed by atoms with E-state index >= 15 is 0 Å². The topological polar surface area (TPSA) is 9.23 Å². The summed E-state index contributed by atoms with van der Waals surface area (Å²) in [6.07, 6.45) is 13.8. The predicted molar refractivity (Wildman–Crippen MR) is 104 cm³/mol. The van der Waals surface area contributed by atoms with Crippen molar-refractivity contribution in [3.8, 4) is 5.75 Å². The maximum Gasteiger partial charge on any atom is 0.153 e. The van der Waals surface area contributed by atoms with Crippen LogP contribution in [-0.4, -0.2) is 7.11 Å². The van der Waals surface area contributed by atoms with Gasteiger partial charge in [0.05, 0.1) is 7.11 Å². The Balaban J connectivity index is 1.63. The Morgan fingerprint density at radius 2 is 1.88 bits per heavy atom. The fraction of sp³-hybridized carbons (Fsp3) is 0.636. The highest BCUT2D eigenvalue weighted by Gasteiger charge is 2.29. The van der Waals surface area contributed by atoms with Crippen LogP contribution in [0.3, 0.4) is 0 Å². The van der Waals surface area contributed by atoms with Crippen LogP contribution in [0.2, 0.25) is 5.02 Å². The normalized spacial score (nSPS) is 27.0. The average molecular weight is 365 g/mol. The van der Waals surface area contributed by atoms with Crippen LogP contribution in [0, 0.1) is 23.6 Å². The molecule has 0 heterocycles. The molecule has 0 aromatic heterocycles. The standard InChI is InChI=1S/C22H30ClFO/c1-3-4-15-5-7-16(8-6-15)17-9-11-18(12-10-17)19-13-14-20(25-2)21(23)22(19)24/h11,13-17H,3-10,12H2,1-2H3. The minimum atomic E-state index is -0.342. The van der Waals surface area contributed by atoms with Crippen LogP contribution in [-0.2, 0) is 0 Å². The first-order valence-corrected chi connectivity index (χ1v) is 10.2. The van der Waals surface area contributed by atoms with Crippen molar-refractivity contribution in [2.24, 2.45) is 17.8 Å². The number of methoxy groups -OCH3 is 1. The molecule has 1 aromatic carbocycles. The van der Waals surface area contributed by atoms with E-state index < -0.39 is 0 Å². The van der Waals surface area contributed by atoms with Gasteiger partial charge in [-0.3, -0.25) is 0 Å². The molecular formula is C22H30ClFO. The molecule has 2 aliphatic carbocycles. The minimum absolute atomic E-state index is 0.0947. The van der Waals surface area contributed by atoms with Crippen molar-refractivity contribution in [3.05, 3.63) is 34.6 Å². The molecule has 0 saturated heterocycles. The second-order valence-corrected chi connectivity index (χ2v) is 8.15. The Labute approximate surface area is 156 Å². The van der Waals surface area contributed by atoms with Crippen molar-refractivity contribution in [2.45, 2.75) is 64.7 Å². The van der Waals surface area contributed by atoms with Crippen LogP contribution < -0.4 is 4.74 Å². The van der Waals surface area contributed by atoms with Gasteiger partial charge in [-0.05, 0) is 67.6 Å². The molecule has 0 bridgehead atoms. The molecule has 25 heavy (non-hydrogen) atoms. The summed E-state index contributed by atoms with van der Waals surface area (Å²) in [7, 11) is 1.51. The molecule has 0 radical (unpaired) electrons. The van der Waals surface area contributed by atoms with Gasteiger partial charge in [0.1, 0.15) is 10.8 Å². The van der Waals surface area contributed by atoms with Crippen LogP contribution in [0.4, 0.5) is 4.39 Å². The van der Waals surface area contributed by atoms with Crippen LogP contribution >= 0.6 is 11.6 Å². The van der Waals surface area contributed by atoms with Gasteiger partial charge in [-0.15, -0.1) is 0 Å². The molecule has 1 atom stereocenters. The first-order chi connectivity index (χ1) is 12.1. The van der Waals surface area contributed by atoms with Crippen LogP contribution in [0.25, 0.3) is 5.57 Å². The van der Waals surface area contributed by atoms with Gasteiger partial charge < -0.3 is 4.74 Å². The maximum atomic E-state index is 14.5. The van der Waals surface area contributed by atoms with Crippen molar-refractivity contribution < 1.29 is 9.13 Å². The lowest BCUT2D eigenvalue weighted by Gasteiger charge is -2.35. The summed E-state index contributed by atoms with van der Waals surface area (Å²) in [6, 6.07) is 3.57. The predicted octanol–water partition coefficient (Wildman–Crippen LogP) is 7.28. The largest absolute Gasteiger partial charge is 0.495 e. The zero-order valence-corrected chi connectivity index (χ0v) is 16.2. The highest BCUT2D eigenvalue weighted by atomic mass is 35.5. The zero-order chi connectivity index (χ0) is 17.8. The molecule has 1 unspecified atom stereocenters. The summed E-state index contributed by atoms with van der Waals surface area (Å²) in [4.78, 5) is 0. The van der Waals surface area contributed by atoms with E-state index in [2.05, 4.69) is 13.0 Å². The first kappa shape index (κ1) is 18.8. The fourth-order valence-corrected chi connectivity index (χ4v) is 5.06. The van der Waals surface area contributed by atoms with Gasteiger partial charge in [0.25, 0.3) is 0 Å². The van der Waals surface area contributed by atoms with Crippen molar-refractivity contribution in [3.63, 3.8) is 0 Å². The SMILES string of the molecule is CCCC1CCC(C2CC=C(c3ccc(OC)c(Cl)c3F)CC2)CC1. The lowest BCUT2D eigenvalue weighted by atomic mass is 9.70. The highest BCUT2D eigenvalue weighted by molar-refractivity contribution is 6.32. The molecule has 0 spiro atoms. The molecule has 138 valence electrons. The molecule has 0 aliphatic heterocycles. The number of benzene rings is 1. The summed E-state index contributed by atoms with van der Waals surface area (Å²) < 4.78 is 19.6. The van der Waals surface area contributed by atoms with Gasteiger partial charge in [0.15, 0.2) is 5.82 Å². The first-order valence-electron chi connectivity index (χ1n) is 9.85. The summed E-state index contributed by atoms with van der Waals surface area (Å²) in [5.74, 6) is 2.68. The van der Waals surface area contributed by atoms with Crippen LogP contribution in [0.15, 0.2) is 18.2 Å². The summed E-state index contributed by atoms with van der Waals surface area (Å²) in [5, 5.41) is 0.0947. The third kappa shape index (κ3) is 4.22. The molecule has 1 nitrogen and oxygen atoms in total. The minimum Gasteiger partial charge on any atom is -0.495 e. The van der Waals surface area contributed by atoms with E-state index in [1.807, 2.05) is 6.07 Å². The van der Waals surface area contributed by atoms with Gasteiger partial charge in [-0.1, -0.05) is 50.3 Å². The van der Waals surface area contributed by atoms with Crippen molar-refractivity contribution in [1.29, 1.82) is 0 Å². The van der Waals surface area contributed by atoms with Gasteiger partial charge in [-0.2, -0.15) is 0 Å². The van der Waals surface area contributed by atoms with E-state index in [9.17, 15) is 4.39 Å².